The summed E-state index contributed by atoms with van der Waals surface area (Å²) in [5.41, 5.74) is 3.67. The molecule has 0 atom stereocenters. The summed E-state index contributed by atoms with van der Waals surface area (Å²) in [5.74, 6) is 0. The Morgan fingerprint density at radius 3 is 2.35 bits per heavy atom. The Balaban J connectivity index is 0.00000192. The van der Waals surface area contributed by atoms with Crippen LogP contribution in [-0.4, -0.2) is 7.05 Å². The third-order valence-electron chi connectivity index (χ3n) is 3.92. The molecule has 3 heteroatoms. The molecule has 0 aliphatic heterocycles. The average molecular weight is 416 g/mol. The van der Waals surface area contributed by atoms with Crippen LogP contribution in [0.3, 0.4) is 0 Å². The van der Waals surface area contributed by atoms with Gasteiger partial charge in [0.1, 0.15) is 6.54 Å². The molecule has 0 radical (unpaired) electrons. The smallest absolute Gasteiger partial charge is 0.212 e. The number of aryl methyl sites for hydroxylation is 1. The molecule has 0 unspecified atom stereocenters. The lowest BCUT2D eigenvalue weighted by molar-refractivity contribution is -0.669. The molecule has 3 rings (SSSR count). The van der Waals surface area contributed by atoms with Crippen molar-refractivity contribution in [3.63, 3.8) is 0 Å². The fourth-order valence-electron chi connectivity index (χ4n) is 2.71. The summed E-state index contributed by atoms with van der Waals surface area (Å²) in [7, 11) is 2.07. The third-order valence-corrected chi connectivity index (χ3v) is 3.92. The molecule has 0 N–H and O–H groups in total. The summed E-state index contributed by atoms with van der Waals surface area (Å²) in [6, 6.07) is 23.3. The van der Waals surface area contributed by atoms with Gasteiger partial charge in [-0.2, -0.15) is 4.57 Å². The van der Waals surface area contributed by atoms with Crippen LogP contribution in [0.5, 0.6) is 0 Å². The molecule has 0 aliphatic carbocycles. The molecule has 1 aromatic heterocycles. The minimum atomic E-state index is 0. The Morgan fingerprint density at radius 1 is 0.913 bits per heavy atom. The molecule has 2 nitrogen and oxygen atoms in total. The van der Waals surface area contributed by atoms with Gasteiger partial charge in [0, 0.05) is 42.5 Å². The van der Waals surface area contributed by atoms with Crippen molar-refractivity contribution in [3.8, 4) is 0 Å². The van der Waals surface area contributed by atoms with Crippen molar-refractivity contribution < 1.29 is 28.5 Å². The van der Waals surface area contributed by atoms with Crippen LogP contribution in [0.25, 0.3) is 17.0 Å². The summed E-state index contributed by atoms with van der Waals surface area (Å²) < 4.78 is 2.34. The molecule has 0 saturated heterocycles. The molecule has 1 heterocycles. The highest BCUT2D eigenvalue weighted by Gasteiger charge is 2.11. The van der Waals surface area contributed by atoms with Gasteiger partial charge < -0.3 is 28.9 Å². The van der Waals surface area contributed by atoms with Crippen LogP contribution in [0.15, 0.2) is 72.9 Å². The molecular formula is C20H21IN2. The van der Waals surface area contributed by atoms with E-state index in [1.165, 1.54) is 22.3 Å². The largest absolute Gasteiger partial charge is 1.00 e. The molecule has 0 spiro atoms. The van der Waals surface area contributed by atoms with Gasteiger partial charge in [0.15, 0.2) is 0 Å². The quantitative estimate of drug-likeness (QED) is 0.459. The van der Waals surface area contributed by atoms with E-state index in [1.54, 1.807) is 0 Å². The van der Waals surface area contributed by atoms with Crippen molar-refractivity contribution in [1.82, 2.24) is 0 Å². The Labute approximate surface area is 155 Å². The van der Waals surface area contributed by atoms with E-state index in [2.05, 4.69) is 96.4 Å². The van der Waals surface area contributed by atoms with Crippen molar-refractivity contribution in [1.29, 1.82) is 0 Å². The number of halogens is 1. The predicted octanol–water partition coefficient (Wildman–Crippen LogP) is 1.26. The van der Waals surface area contributed by atoms with Gasteiger partial charge >= 0.3 is 0 Å². The highest BCUT2D eigenvalue weighted by molar-refractivity contribution is 5.76. The van der Waals surface area contributed by atoms with E-state index < -0.39 is 0 Å². The molecule has 23 heavy (non-hydrogen) atoms. The molecule has 0 bridgehead atoms. The first-order chi connectivity index (χ1) is 10.8. The monoisotopic (exact) mass is 416 g/mol. The number of aromatic nitrogens is 1. The number of nitrogens with zero attached hydrogens (tertiary/aromatic N) is 2. The first-order valence-electron chi connectivity index (χ1n) is 7.67. The first kappa shape index (κ1) is 17.5. The maximum atomic E-state index is 2.34. The fourth-order valence-corrected chi connectivity index (χ4v) is 2.71. The van der Waals surface area contributed by atoms with Crippen LogP contribution in [-0.2, 0) is 6.54 Å². The van der Waals surface area contributed by atoms with Gasteiger partial charge in [-0.3, -0.25) is 0 Å². The Morgan fingerprint density at radius 2 is 1.61 bits per heavy atom. The van der Waals surface area contributed by atoms with Crippen LogP contribution >= 0.6 is 0 Å². The zero-order chi connectivity index (χ0) is 15.4. The Bertz CT molecular complexity index is 797. The van der Waals surface area contributed by atoms with Gasteiger partial charge in [-0.15, -0.1) is 0 Å². The maximum Gasteiger partial charge on any atom is 0.212 e. The lowest BCUT2D eigenvalue weighted by atomic mass is 10.2. The number of anilines is 1. The molecule has 118 valence electrons. The topological polar surface area (TPSA) is 7.12 Å². The number of pyridine rings is 1. The van der Waals surface area contributed by atoms with Gasteiger partial charge in [0.05, 0.1) is 0 Å². The predicted molar refractivity (Wildman–Crippen MR) is 93.7 cm³/mol. The maximum absolute atomic E-state index is 2.34. The van der Waals surface area contributed by atoms with Gasteiger partial charge in [-0.25, -0.2) is 0 Å². The van der Waals surface area contributed by atoms with Crippen molar-refractivity contribution in [2.45, 2.75) is 13.5 Å². The molecule has 0 saturated carbocycles. The first-order valence-corrected chi connectivity index (χ1v) is 7.67. The van der Waals surface area contributed by atoms with Crippen LogP contribution in [0.4, 0.5) is 5.69 Å². The van der Waals surface area contributed by atoms with Crippen molar-refractivity contribution in [2.24, 2.45) is 0 Å². The summed E-state index contributed by atoms with van der Waals surface area (Å²) in [4.78, 5) is 2.13. The lowest BCUT2D eigenvalue weighted by Gasteiger charge is -2.13. The highest BCUT2D eigenvalue weighted by Crippen LogP contribution is 2.14. The van der Waals surface area contributed by atoms with E-state index in [1.807, 2.05) is 6.07 Å². The fraction of sp³-hybridized carbons (Fsp3) is 0.150. The van der Waals surface area contributed by atoms with Crippen molar-refractivity contribution >= 4 is 22.7 Å². The van der Waals surface area contributed by atoms with E-state index in [0.717, 1.165) is 6.54 Å². The number of para-hydroxylation sites is 2. The molecule has 0 amide bonds. The summed E-state index contributed by atoms with van der Waals surface area (Å²) in [5, 5.41) is 1.28. The second-order valence-electron chi connectivity index (χ2n) is 5.32. The number of fused-ring (bicyclic) bond motifs is 1. The Hall–Kier alpha value is -1.88. The van der Waals surface area contributed by atoms with Crippen LogP contribution in [0.1, 0.15) is 12.6 Å². The number of rotatable bonds is 4. The summed E-state index contributed by atoms with van der Waals surface area (Å²) in [6.07, 6.45) is 4.29. The Kier molecular flexibility index (Phi) is 6.16. The summed E-state index contributed by atoms with van der Waals surface area (Å²) >= 11 is 0. The normalized spacial score (nSPS) is 10.7. The molecule has 3 aromatic rings. The second-order valence-corrected chi connectivity index (χ2v) is 5.32. The zero-order valence-corrected chi connectivity index (χ0v) is 15.6. The minimum absolute atomic E-state index is 0. The van der Waals surface area contributed by atoms with Crippen LogP contribution < -0.4 is 33.4 Å². The van der Waals surface area contributed by atoms with Crippen molar-refractivity contribution in [3.05, 3.63) is 78.6 Å². The number of hydrogen-bond acceptors (Lipinski definition) is 1. The molecular weight excluding hydrogens is 395 g/mol. The zero-order valence-electron chi connectivity index (χ0n) is 13.5. The third kappa shape index (κ3) is 3.91. The van der Waals surface area contributed by atoms with Crippen LogP contribution in [0, 0.1) is 0 Å². The number of hydrogen-bond donors (Lipinski definition) is 0. The van der Waals surface area contributed by atoms with Gasteiger partial charge in [-0.1, -0.05) is 30.3 Å². The van der Waals surface area contributed by atoms with E-state index in [0.29, 0.717) is 0 Å². The van der Waals surface area contributed by atoms with Crippen molar-refractivity contribution in [2.75, 3.05) is 11.9 Å². The number of benzene rings is 2. The van der Waals surface area contributed by atoms with E-state index in [4.69, 9.17) is 0 Å². The minimum Gasteiger partial charge on any atom is -1.00 e. The molecule has 0 aliphatic rings. The summed E-state index contributed by atoms with van der Waals surface area (Å²) in [6.45, 7) is 3.14. The average Bonchev–Trinajstić information content (AvgIpc) is 2.59. The second kappa shape index (κ2) is 8.11. The standard InChI is InChI=1S/C20H21N2.HI/c1-3-22-19(14-13-17-9-7-8-12-20(17)22)15-16-21(2)18-10-5-4-6-11-18;/h4-16H,3H2,1-2H3;1H/q+1;/p-1. The van der Waals surface area contributed by atoms with Gasteiger partial charge in [0.25, 0.3) is 0 Å². The SMILES string of the molecule is CC[n+]1c(C=CN(C)c2ccccc2)ccc2ccccc21.[I-]. The lowest BCUT2D eigenvalue weighted by Crippen LogP contribution is -3.00. The van der Waals surface area contributed by atoms with Gasteiger partial charge in [0.2, 0.25) is 11.2 Å². The van der Waals surface area contributed by atoms with Crippen LogP contribution in [0.2, 0.25) is 0 Å². The van der Waals surface area contributed by atoms with E-state index >= 15 is 0 Å². The molecule has 2 aromatic carbocycles. The highest BCUT2D eigenvalue weighted by atomic mass is 127. The molecule has 0 fully saturated rings. The van der Waals surface area contributed by atoms with Gasteiger partial charge in [-0.05, 0) is 31.2 Å². The van der Waals surface area contributed by atoms with E-state index in [-0.39, 0.29) is 24.0 Å². The van der Waals surface area contributed by atoms with E-state index in [9.17, 15) is 0 Å².